The summed E-state index contributed by atoms with van der Waals surface area (Å²) in [5.74, 6) is -0.701. The summed E-state index contributed by atoms with van der Waals surface area (Å²) in [6.45, 7) is 2.94. The largest absolute Gasteiger partial charge is 2.00 e. The molecule has 94 valence electrons. The Morgan fingerprint density at radius 2 is 1.71 bits per heavy atom. The summed E-state index contributed by atoms with van der Waals surface area (Å²) in [6, 6.07) is 9.49. The molecule has 1 atom stereocenters. The van der Waals surface area contributed by atoms with Crippen molar-refractivity contribution in [2.75, 3.05) is 11.5 Å². The van der Waals surface area contributed by atoms with Gasteiger partial charge in [0.05, 0.1) is 5.75 Å². The van der Waals surface area contributed by atoms with Crippen molar-refractivity contribution in [3.8, 4) is 0 Å². The molecule has 0 saturated heterocycles. The van der Waals surface area contributed by atoms with E-state index < -0.39 is 22.0 Å². The summed E-state index contributed by atoms with van der Waals surface area (Å²) in [5, 5.41) is 8.24. The van der Waals surface area contributed by atoms with Crippen molar-refractivity contribution in [2.24, 2.45) is 0 Å². The van der Waals surface area contributed by atoms with E-state index in [4.69, 9.17) is 15.4 Å². The Hall–Kier alpha value is -0.0538. The predicted molar refractivity (Wildman–Crippen MR) is 64.4 cm³/mol. The van der Waals surface area contributed by atoms with Gasteiger partial charge in [-0.05, 0) is 12.1 Å². The second-order valence-electron chi connectivity index (χ2n) is 2.81. The second kappa shape index (κ2) is 11.1. The first-order valence-corrected chi connectivity index (χ1v) is 5.69. The smallest absolute Gasteiger partial charge is 1.00 e. The van der Waals surface area contributed by atoms with Crippen molar-refractivity contribution >= 4 is 38.9 Å². The van der Waals surface area contributed by atoms with Gasteiger partial charge in [0.1, 0.15) is 0 Å². The number of nitrogens with two attached hydrogens (primary N) is 1. The Kier molecular flexibility index (Phi) is 14.4. The Morgan fingerprint density at radius 1 is 1.29 bits per heavy atom. The molecule has 0 fully saturated rings. The van der Waals surface area contributed by atoms with E-state index in [0.717, 1.165) is 5.69 Å². The van der Waals surface area contributed by atoms with Crippen molar-refractivity contribution in [1.29, 1.82) is 0 Å². The molecule has 0 aliphatic carbocycles. The zero-order valence-electron chi connectivity index (χ0n) is 9.16. The second-order valence-corrected chi connectivity index (χ2v) is 4.31. The maximum atomic E-state index is 9.80. The van der Waals surface area contributed by atoms with Gasteiger partial charge in [0.15, 0.2) is 0 Å². The number of benzene rings is 1. The Balaban J connectivity index is -0.000000207. The number of nitrogen functional groups attached to an aromatic ring is 1. The van der Waals surface area contributed by atoms with Crippen LogP contribution >= 0.6 is 0 Å². The minimum Gasteiger partial charge on any atom is -1.00 e. The molecule has 0 amide bonds. The van der Waals surface area contributed by atoms with E-state index in [9.17, 15) is 8.42 Å². The van der Waals surface area contributed by atoms with Gasteiger partial charge >= 0.3 is 23.1 Å². The van der Waals surface area contributed by atoms with Gasteiger partial charge in [-0.25, -0.2) is 0 Å². The third kappa shape index (κ3) is 18.5. The Bertz CT molecular complexity index is 372. The topological polar surface area (TPSA) is 101 Å². The van der Waals surface area contributed by atoms with Crippen molar-refractivity contribution in [3.05, 3.63) is 37.3 Å². The average molecular weight is 292 g/mol. The van der Waals surface area contributed by atoms with Crippen molar-refractivity contribution in [1.82, 2.24) is 0 Å². The molecule has 0 heterocycles. The third-order valence-electron chi connectivity index (χ3n) is 1.20. The monoisotopic (exact) mass is 291 g/mol. The maximum absolute atomic E-state index is 9.80. The van der Waals surface area contributed by atoms with Crippen LogP contribution in [0.5, 0.6) is 0 Å². The van der Waals surface area contributed by atoms with Crippen molar-refractivity contribution in [2.45, 2.75) is 6.10 Å². The molecule has 1 aromatic rings. The summed E-state index contributed by atoms with van der Waals surface area (Å²) in [5.41, 5.74) is 6.18. The van der Waals surface area contributed by atoms with Crippen LogP contribution in [0.3, 0.4) is 0 Å². The van der Waals surface area contributed by atoms with Gasteiger partial charge in [0, 0.05) is 5.69 Å². The molecule has 8 heteroatoms. The molecule has 0 aliphatic rings. The van der Waals surface area contributed by atoms with Crippen molar-refractivity contribution in [3.63, 3.8) is 0 Å². The molecule has 0 saturated carbocycles. The summed E-state index contributed by atoms with van der Waals surface area (Å²) < 4.78 is 27.6. The van der Waals surface area contributed by atoms with Gasteiger partial charge in [0.2, 0.25) is 0 Å². The number of rotatable bonds is 2. The minimum absolute atomic E-state index is 0. The fraction of sp³-hybridized carbons (Fsp3) is 0.222. The van der Waals surface area contributed by atoms with Crippen LogP contribution in [-0.2, 0) is 10.1 Å². The van der Waals surface area contributed by atoms with Crippen LogP contribution < -0.4 is 18.1 Å². The Labute approximate surface area is 124 Å². The van der Waals surface area contributed by atoms with E-state index in [2.05, 4.69) is 6.92 Å². The molecule has 0 radical (unpaired) electrons. The standard InChI is InChI=1S/C6H7N.C3H7O4S.ClH.Mg/c7-6-4-2-1-3-5-6;1-3(4)2-8(5,6)7;;/h1-5H,7H2;3-4H,1-2H2,(H,5,6,7);1H;/q;-1;;+2/p-1. The zero-order valence-corrected chi connectivity index (χ0v) is 12.1. The quantitative estimate of drug-likeness (QED) is 0.233. The van der Waals surface area contributed by atoms with E-state index in [-0.39, 0.29) is 35.5 Å². The number of aliphatic hydroxyl groups is 1. The summed E-state index contributed by atoms with van der Waals surface area (Å²) in [6.07, 6.45) is -1.25. The molecular formula is C9H14ClMgNO4S. The molecule has 5 nitrogen and oxygen atoms in total. The normalized spacial score (nSPS) is 11.0. The molecule has 0 aliphatic heterocycles. The van der Waals surface area contributed by atoms with Crippen LogP contribution in [-0.4, -0.2) is 53.0 Å². The minimum atomic E-state index is -4.04. The summed E-state index contributed by atoms with van der Waals surface area (Å²) >= 11 is 0. The van der Waals surface area contributed by atoms with E-state index in [1.807, 2.05) is 30.3 Å². The summed E-state index contributed by atoms with van der Waals surface area (Å²) in [7, 11) is -4.04. The SMILES string of the molecule is Nc1ccccc1.[CH2-]C(O)CS(=O)(=O)O.[Cl-].[Mg+2]. The first kappa shape index (κ1) is 22.2. The number of aliphatic hydroxyl groups excluding tert-OH is 1. The fourth-order valence-electron chi connectivity index (χ4n) is 0.696. The molecule has 1 aromatic carbocycles. The van der Waals surface area contributed by atoms with Crippen LogP contribution in [0.15, 0.2) is 30.3 Å². The molecule has 0 spiro atoms. The first-order valence-electron chi connectivity index (χ1n) is 4.08. The Morgan fingerprint density at radius 3 is 1.82 bits per heavy atom. The molecule has 4 N–H and O–H groups in total. The maximum Gasteiger partial charge on any atom is 2.00 e. The van der Waals surface area contributed by atoms with Gasteiger partial charge in [-0.2, -0.15) is 8.42 Å². The fourth-order valence-corrected chi connectivity index (χ4v) is 1.18. The average Bonchev–Trinajstić information content (AvgIpc) is 2.01. The summed E-state index contributed by atoms with van der Waals surface area (Å²) in [4.78, 5) is 0. The van der Waals surface area contributed by atoms with Gasteiger partial charge in [-0.15, -0.1) is 0 Å². The van der Waals surface area contributed by atoms with Crippen LogP contribution in [0.2, 0.25) is 0 Å². The number of para-hydroxylation sites is 1. The number of halogens is 1. The van der Waals surface area contributed by atoms with E-state index in [0.29, 0.717) is 0 Å². The van der Waals surface area contributed by atoms with Crippen LogP contribution in [0.4, 0.5) is 5.69 Å². The molecule has 0 bridgehead atoms. The van der Waals surface area contributed by atoms with Crippen LogP contribution in [0.1, 0.15) is 0 Å². The number of anilines is 1. The van der Waals surface area contributed by atoms with Gasteiger partial charge in [0.25, 0.3) is 10.1 Å². The van der Waals surface area contributed by atoms with Crippen LogP contribution in [0.25, 0.3) is 0 Å². The van der Waals surface area contributed by atoms with Gasteiger partial charge < -0.3 is 30.2 Å². The number of hydrogen-bond donors (Lipinski definition) is 3. The third-order valence-corrected chi connectivity index (χ3v) is 2.01. The van der Waals surface area contributed by atoms with Crippen molar-refractivity contribution < 1.29 is 30.5 Å². The van der Waals surface area contributed by atoms with E-state index in [1.54, 1.807) is 0 Å². The van der Waals surface area contributed by atoms with Crippen LogP contribution in [0, 0.1) is 6.92 Å². The van der Waals surface area contributed by atoms with E-state index >= 15 is 0 Å². The first-order chi connectivity index (χ1) is 6.81. The molecule has 17 heavy (non-hydrogen) atoms. The zero-order chi connectivity index (χ0) is 11.9. The van der Waals surface area contributed by atoms with Gasteiger partial charge in [-0.3, -0.25) is 4.55 Å². The van der Waals surface area contributed by atoms with E-state index in [1.165, 1.54) is 0 Å². The molecular weight excluding hydrogens is 278 g/mol. The molecule has 0 aromatic heterocycles. The van der Waals surface area contributed by atoms with Gasteiger partial charge in [-0.1, -0.05) is 24.3 Å². The predicted octanol–water partition coefficient (Wildman–Crippen LogP) is -3.04. The number of hydrogen-bond acceptors (Lipinski definition) is 4. The molecule has 1 unspecified atom stereocenters. The molecule has 1 rings (SSSR count).